The molecule has 0 atom stereocenters. The Hall–Kier alpha value is -2.33. The van der Waals surface area contributed by atoms with Gasteiger partial charge < -0.3 is 5.32 Å². The fourth-order valence-corrected chi connectivity index (χ4v) is 2.19. The van der Waals surface area contributed by atoms with Crippen LogP contribution in [0.3, 0.4) is 0 Å². The van der Waals surface area contributed by atoms with E-state index in [1.807, 2.05) is 36.5 Å². The van der Waals surface area contributed by atoms with Crippen molar-refractivity contribution in [2.45, 2.75) is 6.54 Å². The quantitative estimate of drug-likeness (QED) is 0.779. The van der Waals surface area contributed by atoms with Crippen molar-refractivity contribution in [3.05, 3.63) is 77.3 Å². The summed E-state index contributed by atoms with van der Waals surface area (Å²) in [5.41, 5.74) is 2.32. The molecule has 0 aliphatic carbocycles. The van der Waals surface area contributed by atoms with Crippen molar-refractivity contribution in [3.8, 4) is 5.69 Å². The van der Waals surface area contributed by atoms with Crippen LogP contribution in [0.2, 0.25) is 5.02 Å². The molecule has 0 fully saturated rings. The molecule has 1 aromatic heterocycles. The van der Waals surface area contributed by atoms with E-state index in [1.165, 1.54) is 6.07 Å². The van der Waals surface area contributed by atoms with Crippen molar-refractivity contribution in [2.24, 2.45) is 0 Å². The van der Waals surface area contributed by atoms with Crippen molar-refractivity contribution in [2.75, 3.05) is 5.32 Å². The lowest BCUT2D eigenvalue weighted by atomic mass is 10.3. The highest BCUT2D eigenvalue weighted by Gasteiger charge is 2.06. The van der Waals surface area contributed by atoms with Crippen LogP contribution in [0.25, 0.3) is 5.69 Å². The highest BCUT2D eigenvalue weighted by molar-refractivity contribution is 6.31. The number of aromatic nitrogens is 2. The van der Waals surface area contributed by atoms with E-state index in [4.69, 9.17) is 11.6 Å². The van der Waals surface area contributed by atoms with Crippen molar-refractivity contribution >= 4 is 17.3 Å². The van der Waals surface area contributed by atoms with Gasteiger partial charge in [-0.2, -0.15) is 5.10 Å². The number of nitrogens with one attached hydrogen (secondary N) is 1. The highest BCUT2D eigenvalue weighted by atomic mass is 35.5. The molecule has 0 amide bonds. The van der Waals surface area contributed by atoms with Crippen LogP contribution in [0.15, 0.2) is 60.9 Å². The predicted octanol–water partition coefficient (Wildman–Crippen LogP) is 4.28. The molecule has 3 rings (SSSR count). The van der Waals surface area contributed by atoms with E-state index in [-0.39, 0.29) is 5.02 Å². The maximum absolute atomic E-state index is 13.8. The fourth-order valence-electron chi connectivity index (χ4n) is 2.01. The molecule has 1 N–H and O–H groups in total. The topological polar surface area (TPSA) is 29.9 Å². The third-order valence-corrected chi connectivity index (χ3v) is 3.38. The molecule has 0 spiro atoms. The first kappa shape index (κ1) is 13.6. The van der Waals surface area contributed by atoms with Gasteiger partial charge in [0.25, 0.3) is 0 Å². The largest absolute Gasteiger partial charge is 0.378 e. The van der Waals surface area contributed by atoms with Gasteiger partial charge in [0.15, 0.2) is 5.82 Å². The van der Waals surface area contributed by atoms with Gasteiger partial charge in [-0.15, -0.1) is 0 Å². The van der Waals surface area contributed by atoms with Crippen LogP contribution in [-0.4, -0.2) is 9.78 Å². The van der Waals surface area contributed by atoms with Crippen LogP contribution >= 0.6 is 11.6 Å². The monoisotopic (exact) mass is 301 g/mol. The first-order valence-electron chi connectivity index (χ1n) is 6.51. The predicted molar refractivity (Wildman–Crippen MR) is 82.3 cm³/mol. The van der Waals surface area contributed by atoms with Crippen molar-refractivity contribution in [3.63, 3.8) is 0 Å². The lowest BCUT2D eigenvalue weighted by molar-refractivity contribution is 0.630. The summed E-state index contributed by atoms with van der Waals surface area (Å²) >= 11 is 5.75. The molecule has 1 heterocycles. The number of nitrogens with zero attached hydrogens (tertiary/aromatic N) is 2. The van der Waals surface area contributed by atoms with Crippen molar-refractivity contribution in [1.29, 1.82) is 0 Å². The third kappa shape index (κ3) is 3.06. The second kappa shape index (κ2) is 5.97. The Morgan fingerprint density at radius 2 is 1.90 bits per heavy atom. The van der Waals surface area contributed by atoms with E-state index >= 15 is 0 Å². The lowest BCUT2D eigenvalue weighted by Gasteiger charge is -2.06. The first-order valence-corrected chi connectivity index (χ1v) is 6.89. The maximum Gasteiger partial charge on any atom is 0.164 e. The smallest absolute Gasteiger partial charge is 0.164 e. The number of anilines is 1. The highest BCUT2D eigenvalue weighted by Crippen LogP contribution is 2.22. The molecule has 0 aliphatic rings. The van der Waals surface area contributed by atoms with Crippen LogP contribution in [0.1, 0.15) is 5.56 Å². The summed E-state index contributed by atoms with van der Waals surface area (Å²) in [6, 6.07) is 14.7. The normalized spacial score (nSPS) is 10.6. The second-order valence-corrected chi connectivity index (χ2v) is 4.99. The fraction of sp³-hybridized carbons (Fsp3) is 0.0625. The standard InChI is InChI=1S/C16H13ClFN3/c17-14-7-4-8-15(16(14)18)19-9-12-10-20-21(11-12)13-5-2-1-3-6-13/h1-8,10-11,19H,9H2. The van der Waals surface area contributed by atoms with Gasteiger partial charge >= 0.3 is 0 Å². The molecule has 0 unspecified atom stereocenters. The average molecular weight is 302 g/mol. The summed E-state index contributed by atoms with van der Waals surface area (Å²) in [6.07, 6.45) is 3.66. The van der Waals surface area contributed by atoms with Gasteiger partial charge in [-0.3, -0.25) is 0 Å². The summed E-state index contributed by atoms with van der Waals surface area (Å²) in [7, 11) is 0. The Kier molecular flexibility index (Phi) is 3.88. The Labute approximate surface area is 127 Å². The molecule has 106 valence electrons. The van der Waals surface area contributed by atoms with Gasteiger partial charge in [0, 0.05) is 18.3 Å². The van der Waals surface area contributed by atoms with E-state index in [1.54, 1.807) is 23.0 Å². The van der Waals surface area contributed by atoms with Crippen LogP contribution in [0.5, 0.6) is 0 Å². The van der Waals surface area contributed by atoms with Crippen molar-refractivity contribution < 1.29 is 4.39 Å². The molecule has 3 aromatic rings. The molecular weight excluding hydrogens is 289 g/mol. The number of rotatable bonds is 4. The average Bonchev–Trinajstić information content (AvgIpc) is 2.99. The van der Waals surface area contributed by atoms with E-state index < -0.39 is 5.82 Å². The SMILES string of the molecule is Fc1c(Cl)cccc1NCc1cnn(-c2ccccc2)c1. The Bertz CT molecular complexity index is 740. The summed E-state index contributed by atoms with van der Waals surface area (Å²) in [6.45, 7) is 0.476. The van der Waals surface area contributed by atoms with Gasteiger partial charge in [0.1, 0.15) is 0 Å². The Balaban J connectivity index is 1.72. The molecule has 0 bridgehead atoms. The number of benzene rings is 2. The van der Waals surface area contributed by atoms with Gasteiger partial charge in [0.05, 0.1) is 22.6 Å². The number of para-hydroxylation sites is 1. The third-order valence-electron chi connectivity index (χ3n) is 3.09. The minimum absolute atomic E-state index is 0.111. The molecule has 0 aliphatic heterocycles. The van der Waals surface area contributed by atoms with Gasteiger partial charge in [-0.05, 0) is 24.3 Å². The van der Waals surface area contributed by atoms with E-state index in [0.717, 1.165) is 11.3 Å². The number of halogens is 2. The summed E-state index contributed by atoms with van der Waals surface area (Å²) in [4.78, 5) is 0. The van der Waals surface area contributed by atoms with Gasteiger partial charge in [-0.25, -0.2) is 9.07 Å². The zero-order chi connectivity index (χ0) is 14.7. The molecular formula is C16H13ClFN3. The van der Waals surface area contributed by atoms with Crippen molar-refractivity contribution in [1.82, 2.24) is 9.78 Å². The molecule has 0 saturated carbocycles. The molecule has 0 radical (unpaired) electrons. The van der Waals surface area contributed by atoms with E-state index in [2.05, 4.69) is 10.4 Å². The van der Waals surface area contributed by atoms with Crippen LogP contribution in [0.4, 0.5) is 10.1 Å². The van der Waals surface area contributed by atoms with Gasteiger partial charge in [-0.1, -0.05) is 35.9 Å². The molecule has 3 nitrogen and oxygen atoms in total. The summed E-state index contributed by atoms with van der Waals surface area (Å²) < 4.78 is 15.5. The van der Waals surface area contributed by atoms with E-state index in [0.29, 0.717) is 12.2 Å². The molecule has 5 heteroatoms. The van der Waals surface area contributed by atoms with Crippen LogP contribution < -0.4 is 5.32 Å². The summed E-state index contributed by atoms with van der Waals surface area (Å²) in [5.74, 6) is -0.436. The first-order chi connectivity index (χ1) is 10.2. The zero-order valence-corrected chi connectivity index (χ0v) is 11.9. The molecule has 21 heavy (non-hydrogen) atoms. The molecule has 0 saturated heterocycles. The second-order valence-electron chi connectivity index (χ2n) is 4.58. The Morgan fingerprint density at radius 3 is 2.71 bits per heavy atom. The maximum atomic E-state index is 13.8. The zero-order valence-electron chi connectivity index (χ0n) is 11.1. The van der Waals surface area contributed by atoms with Crippen LogP contribution in [0, 0.1) is 5.82 Å². The number of hydrogen-bond donors (Lipinski definition) is 1. The Morgan fingerprint density at radius 1 is 1.10 bits per heavy atom. The lowest BCUT2D eigenvalue weighted by Crippen LogP contribution is -2.01. The minimum atomic E-state index is -0.436. The minimum Gasteiger partial charge on any atom is -0.378 e. The van der Waals surface area contributed by atoms with Gasteiger partial charge in [0.2, 0.25) is 0 Å². The number of hydrogen-bond acceptors (Lipinski definition) is 2. The molecule has 2 aromatic carbocycles. The summed E-state index contributed by atoms with van der Waals surface area (Å²) in [5, 5.41) is 7.43. The van der Waals surface area contributed by atoms with E-state index in [9.17, 15) is 4.39 Å². The van der Waals surface area contributed by atoms with Crippen LogP contribution in [-0.2, 0) is 6.54 Å².